The third-order valence-corrected chi connectivity index (χ3v) is 4.01. The molecule has 3 rings (SSSR count). The number of methoxy groups -OCH3 is 1. The van der Waals surface area contributed by atoms with Gasteiger partial charge in [0.05, 0.1) is 12.8 Å². The van der Waals surface area contributed by atoms with Crippen molar-refractivity contribution in [2.24, 2.45) is 0 Å². The van der Waals surface area contributed by atoms with Gasteiger partial charge in [-0.25, -0.2) is 4.98 Å². The van der Waals surface area contributed by atoms with Crippen molar-refractivity contribution >= 4 is 23.0 Å². The molecular formula is C19H19N3O3. The summed E-state index contributed by atoms with van der Waals surface area (Å²) in [6, 6.07) is 10.4. The number of benzene rings is 1. The van der Waals surface area contributed by atoms with E-state index in [0.717, 1.165) is 0 Å². The van der Waals surface area contributed by atoms with Crippen LogP contribution in [0.3, 0.4) is 0 Å². The van der Waals surface area contributed by atoms with Gasteiger partial charge in [0.15, 0.2) is 17.2 Å². The second kappa shape index (κ2) is 6.76. The standard InChI is InChI=1S/C19H19N3O3/c1-4-15-17(22-11-5-6-16(25-3)18(22)21-15)19(24)20-14-9-7-13(8-10-14)12(2)23/h5-11H,4H2,1-3H3,(H,20,24). The first-order valence-corrected chi connectivity index (χ1v) is 8.01. The van der Waals surface area contributed by atoms with Crippen LogP contribution in [-0.2, 0) is 6.42 Å². The average molecular weight is 337 g/mol. The number of anilines is 1. The van der Waals surface area contributed by atoms with E-state index in [0.29, 0.717) is 40.5 Å². The number of ketones is 1. The highest BCUT2D eigenvalue weighted by Crippen LogP contribution is 2.23. The van der Waals surface area contributed by atoms with Crippen molar-refractivity contribution in [3.05, 3.63) is 59.5 Å². The predicted molar refractivity (Wildman–Crippen MR) is 95.5 cm³/mol. The van der Waals surface area contributed by atoms with E-state index in [4.69, 9.17) is 4.74 Å². The summed E-state index contributed by atoms with van der Waals surface area (Å²) in [6.07, 6.45) is 2.41. The third-order valence-electron chi connectivity index (χ3n) is 4.01. The molecule has 2 aromatic heterocycles. The minimum Gasteiger partial charge on any atom is -0.493 e. The fraction of sp³-hybridized carbons (Fsp3) is 0.211. The summed E-state index contributed by atoms with van der Waals surface area (Å²) >= 11 is 0. The Balaban J connectivity index is 1.97. The van der Waals surface area contributed by atoms with Gasteiger partial charge >= 0.3 is 0 Å². The van der Waals surface area contributed by atoms with Crippen LogP contribution in [0.15, 0.2) is 42.6 Å². The molecule has 0 fully saturated rings. The minimum absolute atomic E-state index is 0.0139. The number of hydrogen-bond donors (Lipinski definition) is 1. The number of nitrogens with one attached hydrogen (secondary N) is 1. The topological polar surface area (TPSA) is 72.7 Å². The molecule has 0 aliphatic heterocycles. The van der Waals surface area contributed by atoms with Crippen LogP contribution >= 0.6 is 0 Å². The van der Waals surface area contributed by atoms with Gasteiger partial charge in [-0.3, -0.25) is 14.0 Å². The molecule has 1 aromatic carbocycles. The predicted octanol–water partition coefficient (Wildman–Crippen LogP) is 3.36. The fourth-order valence-electron chi connectivity index (χ4n) is 2.71. The highest BCUT2D eigenvalue weighted by molar-refractivity contribution is 6.05. The van der Waals surface area contributed by atoms with Gasteiger partial charge in [-0.15, -0.1) is 0 Å². The molecular weight excluding hydrogens is 318 g/mol. The maximum Gasteiger partial charge on any atom is 0.274 e. The number of amides is 1. The Bertz CT molecular complexity index is 942. The van der Waals surface area contributed by atoms with E-state index < -0.39 is 0 Å². The van der Waals surface area contributed by atoms with Crippen molar-refractivity contribution in [1.29, 1.82) is 0 Å². The van der Waals surface area contributed by atoms with Crippen molar-refractivity contribution in [3.63, 3.8) is 0 Å². The Morgan fingerprint density at radius 3 is 2.52 bits per heavy atom. The van der Waals surface area contributed by atoms with E-state index in [1.807, 2.05) is 19.1 Å². The summed E-state index contributed by atoms with van der Waals surface area (Å²) in [4.78, 5) is 28.7. The zero-order valence-electron chi connectivity index (χ0n) is 14.4. The molecule has 0 aliphatic rings. The number of aryl methyl sites for hydroxylation is 1. The second-order valence-corrected chi connectivity index (χ2v) is 5.62. The van der Waals surface area contributed by atoms with Crippen LogP contribution in [0.25, 0.3) is 5.65 Å². The van der Waals surface area contributed by atoms with Crippen LogP contribution in [0.4, 0.5) is 5.69 Å². The molecule has 128 valence electrons. The van der Waals surface area contributed by atoms with Crippen LogP contribution in [0, 0.1) is 0 Å². The molecule has 0 atom stereocenters. The lowest BCUT2D eigenvalue weighted by atomic mass is 10.1. The summed E-state index contributed by atoms with van der Waals surface area (Å²) in [5.41, 5.74) is 3.01. The number of pyridine rings is 1. The largest absolute Gasteiger partial charge is 0.493 e. The van der Waals surface area contributed by atoms with Crippen LogP contribution in [0.2, 0.25) is 0 Å². The molecule has 0 unspecified atom stereocenters. The van der Waals surface area contributed by atoms with E-state index in [1.165, 1.54) is 6.92 Å². The monoisotopic (exact) mass is 337 g/mol. The van der Waals surface area contributed by atoms with E-state index in [1.54, 1.807) is 42.0 Å². The number of carbonyl (C=O) groups excluding carboxylic acids is 2. The molecule has 6 heteroatoms. The normalized spacial score (nSPS) is 10.7. The van der Waals surface area contributed by atoms with Crippen molar-refractivity contribution < 1.29 is 14.3 Å². The maximum absolute atomic E-state index is 12.8. The van der Waals surface area contributed by atoms with Crippen LogP contribution in [0.5, 0.6) is 5.75 Å². The highest BCUT2D eigenvalue weighted by atomic mass is 16.5. The number of fused-ring (bicyclic) bond motifs is 1. The van der Waals surface area contributed by atoms with Crippen LogP contribution in [-0.4, -0.2) is 28.2 Å². The van der Waals surface area contributed by atoms with E-state index in [9.17, 15) is 9.59 Å². The number of rotatable bonds is 5. The summed E-state index contributed by atoms with van der Waals surface area (Å²) in [7, 11) is 1.58. The number of Topliss-reactive ketones (excluding diaryl/α,β-unsaturated/α-hetero) is 1. The van der Waals surface area contributed by atoms with Gasteiger partial charge in [0, 0.05) is 17.4 Å². The van der Waals surface area contributed by atoms with Crippen molar-refractivity contribution in [2.45, 2.75) is 20.3 Å². The van der Waals surface area contributed by atoms with Gasteiger partial charge in [-0.2, -0.15) is 0 Å². The van der Waals surface area contributed by atoms with Gasteiger partial charge in [0.1, 0.15) is 5.69 Å². The molecule has 1 amide bonds. The third kappa shape index (κ3) is 3.10. The first-order chi connectivity index (χ1) is 12.0. The smallest absolute Gasteiger partial charge is 0.274 e. The molecule has 2 heterocycles. The molecule has 1 N–H and O–H groups in total. The molecule has 0 bridgehead atoms. The van der Waals surface area contributed by atoms with Gasteiger partial charge < -0.3 is 10.1 Å². The lowest BCUT2D eigenvalue weighted by Crippen LogP contribution is -2.16. The van der Waals surface area contributed by atoms with Gasteiger partial charge in [0.2, 0.25) is 0 Å². The molecule has 0 saturated carbocycles. The first kappa shape index (κ1) is 16.7. The summed E-state index contributed by atoms with van der Waals surface area (Å²) in [5.74, 6) is 0.343. The van der Waals surface area contributed by atoms with E-state index in [-0.39, 0.29) is 11.7 Å². The van der Waals surface area contributed by atoms with Crippen molar-refractivity contribution in [3.8, 4) is 5.75 Å². The van der Waals surface area contributed by atoms with Crippen LogP contribution < -0.4 is 10.1 Å². The Hall–Kier alpha value is -3.15. The van der Waals surface area contributed by atoms with E-state index in [2.05, 4.69) is 10.3 Å². The van der Waals surface area contributed by atoms with Gasteiger partial charge in [0.25, 0.3) is 5.91 Å². The number of ether oxygens (including phenoxy) is 1. The quantitative estimate of drug-likeness (QED) is 0.725. The zero-order chi connectivity index (χ0) is 18.0. The molecule has 6 nitrogen and oxygen atoms in total. The van der Waals surface area contributed by atoms with Crippen molar-refractivity contribution in [2.75, 3.05) is 12.4 Å². The van der Waals surface area contributed by atoms with Gasteiger partial charge in [-0.1, -0.05) is 6.92 Å². The minimum atomic E-state index is -0.256. The number of imidazole rings is 1. The Morgan fingerprint density at radius 2 is 1.92 bits per heavy atom. The SMILES string of the molecule is CCc1nc2c(OC)cccn2c1C(=O)Nc1ccc(C(C)=O)cc1. The molecule has 0 radical (unpaired) electrons. The number of aromatic nitrogens is 2. The van der Waals surface area contributed by atoms with E-state index >= 15 is 0 Å². The van der Waals surface area contributed by atoms with Crippen molar-refractivity contribution in [1.82, 2.24) is 9.38 Å². The maximum atomic E-state index is 12.8. The van der Waals surface area contributed by atoms with Crippen LogP contribution in [0.1, 0.15) is 40.4 Å². The number of nitrogens with zero attached hydrogens (tertiary/aromatic N) is 2. The highest BCUT2D eigenvalue weighted by Gasteiger charge is 2.20. The van der Waals surface area contributed by atoms with Gasteiger partial charge in [-0.05, 0) is 49.7 Å². The zero-order valence-corrected chi connectivity index (χ0v) is 14.4. The summed E-state index contributed by atoms with van der Waals surface area (Å²) in [5, 5.41) is 2.86. The number of carbonyl (C=O) groups is 2. The Kier molecular flexibility index (Phi) is 4.52. The molecule has 25 heavy (non-hydrogen) atoms. The summed E-state index contributed by atoms with van der Waals surface area (Å²) < 4.78 is 7.06. The lowest BCUT2D eigenvalue weighted by Gasteiger charge is -2.08. The molecule has 0 aliphatic carbocycles. The fourth-order valence-corrected chi connectivity index (χ4v) is 2.71. The lowest BCUT2D eigenvalue weighted by molar-refractivity contribution is 0.101. The summed E-state index contributed by atoms with van der Waals surface area (Å²) in [6.45, 7) is 3.46. The number of hydrogen-bond acceptors (Lipinski definition) is 4. The average Bonchev–Trinajstić information content (AvgIpc) is 3.00. The Morgan fingerprint density at radius 1 is 1.20 bits per heavy atom. The first-order valence-electron chi connectivity index (χ1n) is 8.01. The second-order valence-electron chi connectivity index (χ2n) is 5.62. The molecule has 0 spiro atoms. The Labute approximate surface area is 145 Å². The molecule has 0 saturated heterocycles. The molecule has 3 aromatic rings.